The molecule has 2 unspecified atom stereocenters. The topological polar surface area (TPSA) is 34.0 Å². The van der Waals surface area contributed by atoms with E-state index in [1.54, 1.807) is 0 Å². The molecule has 2 atom stereocenters. The summed E-state index contributed by atoms with van der Waals surface area (Å²) in [5.41, 5.74) is 3.22. The highest BCUT2D eigenvalue weighted by atomic mass is 16.5. The van der Waals surface area contributed by atoms with E-state index >= 15 is 0 Å². The highest BCUT2D eigenvalue weighted by Crippen LogP contribution is 2.42. The number of nitrogens with zero attached hydrogens (tertiary/aromatic N) is 2. The fraction of sp³-hybridized carbons (Fsp3) is 0.143. The van der Waals surface area contributed by atoms with Gasteiger partial charge in [0.2, 0.25) is 0 Å². The van der Waals surface area contributed by atoms with Gasteiger partial charge in [0.25, 0.3) is 0 Å². The smallest absolute Gasteiger partial charge is 0.168 e. The predicted octanol–water partition coefficient (Wildman–Crippen LogP) is 4.56. The lowest BCUT2D eigenvalue weighted by molar-refractivity contribution is 0.275. The van der Waals surface area contributed by atoms with E-state index in [0.717, 1.165) is 28.4 Å². The second-order valence-corrected chi connectivity index (χ2v) is 6.26. The molecule has 0 saturated carbocycles. The number of para-hydroxylation sites is 1. The second kappa shape index (κ2) is 5.03. The zero-order valence-corrected chi connectivity index (χ0v) is 13.3. The summed E-state index contributed by atoms with van der Waals surface area (Å²) in [6.45, 7) is 1.96. The highest BCUT2D eigenvalue weighted by Gasteiger charge is 2.40. The Morgan fingerprint density at radius 2 is 1.67 bits per heavy atom. The summed E-state index contributed by atoms with van der Waals surface area (Å²) in [7, 11) is 0. The van der Waals surface area contributed by atoms with Crippen LogP contribution >= 0.6 is 0 Å². The maximum atomic E-state index is 6.20. The molecule has 3 aromatic rings. The van der Waals surface area contributed by atoms with Crippen LogP contribution in [0.4, 0.5) is 0 Å². The van der Waals surface area contributed by atoms with E-state index in [9.17, 15) is 0 Å². The highest BCUT2D eigenvalue weighted by molar-refractivity contribution is 6.13. The Kier molecular flexibility index (Phi) is 2.83. The van der Waals surface area contributed by atoms with Crippen molar-refractivity contribution in [2.75, 3.05) is 0 Å². The maximum Gasteiger partial charge on any atom is 0.168 e. The molecule has 0 amide bonds. The first-order valence-corrected chi connectivity index (χ1v) is 8.17. The summed E-state index contributed by atoms with van der Waals surface area (Å²) in [5.74, 6) is 1.72. The summed E-state index contributed by atoms with van der Waals surface area (Å²) >= 11 is 0. The van der Waals surface area contributed by atoms with Gasteiger partial charge in [0.1, 0.15) is 17.6 Å². The van der Waals surface area contributed by atoms with E-state index < -0.39 is 0 Å². The van der Waals surface area contributed by atoms with Gasteiger partial charge < -0.3 is 4.74 Å². The van der Waals surface area contributed by atoms with E-state index in [1.165, 1.54) is 10.8 Å². The lowest BCUT2D eigenvalue weighted by Gasteiger charge is -2.23. The SMILES string of the molecule is CC1=NC2c3ccccc3OC2C(c2ccc3ccccc3c2)=N1. The first-order chi connectivity index (χ1) is 11.8. The first-order valence-electron chi connectivity index (χ1n) is 8.17. The van der Waals surface area contributed by atoms with Gasteiger partial charge >= 0.3 is 0 Å². The van der Waals surface area contributed by atoms with Gasteiger partial charge in [-0.1, -0.05) is 54.6 Å². The standard InChI is InChI=1S/C21H16N2O/c1-13-22-19(16-11-10-14-6-2-3-7-15(14)12-16)21-20(23-13)17-8-4-5-9-18(17)24-21/h2-12,20-21H,1H3. The number of amidine groups is 1. The van der Waals surface area contributed by atoms with Crippen molar-refractivity contribution in [3.05, 3.63) is 77.9 Å². The Morgan fingerprint density at radius 1 is 0.875 bits per heavy atom. The van der Waals surface area contributed by atoms with Crippen LogP contribution in [-0.4, -0.2) is 17.7 Å². The lowest BCUT2D eigenvalue weighted by atomic mass is 9.94. The van der Waals surface area contributed by atoms with Gasteiger partial charge in [0.15, 0.2) is 6.10 Å². The van der Waals surface area contributed by atoms with Crippen molar-refractivity contribution in [2.24, 2.45) is 9.98 Å². The largest absolute Gasteiger partial charge is 0.481 e. The molecule has 2 aliphatic heterocycles. The average Bonchev–Trinajstić information content (AvgIpc) is 2.99. The van der Waals surface area contributed by atoms with Crippen LogP contribution in [0.3, 0.4) is 0 Å². The Labute approximate surface area is 140 Å². The third-order valence-corrected chi connectivity index (χ3v) is 4.70. The van der Waals surface area contributed by atoms with Gasteiger partial charge in [-0.2, -0.15) is 0 Å². The third-order valence-electron chi connectivity index (χ3n) is 4.70. The maximum absolute atomic E-state index is 6.20. The zero-order valence-electron chi connectivity index (χ0n) is 13.3. The van der Waals surface area contributed by atoms with Crippen LogP contribution in [0, 0.1) is 0 Å². The molecule has 0 bridgehead atoms. The molecule has 0 fully saturated rings. The molecule has 0 radical (unpaired) electrons. The van der Waals surface area contributed by atoms with Crippen molar-refractivity contribution in [3.63, 3.8) is 0 Å². The average molecular weight is 312 g/mol. The minimum atomic E-state index is -0.146. The summed E-state index contributed by atoms with van der Waals surface area (Å²) in [6, 6.07) is 23.0. The van der Waals surface area contributed by atoms with Crippen molar-refractivity contribution in [2.45, 2.75) is 19.1 Å². The van der Waals surface area contributed by atoms with E-state index in [0.29, 0.717) is 0 Å². The molecule has 0 saturated heterocycles. The molecule has 5 rings (SSSR count). The van der Waals surface area contributed by atoms with Gasteiger partial charge in [0.05, 0.1) is 5.71 Å². The molecule has 116 valence electrons. The summed E-state index contributed by atoms with van der Waals surface area (Å²) in [4.78, 5) is 9.45. The minimum Gasteiger partial charge on any atom is -0.481 e. The van der Waals surface area contributed by atoms with Crippen molar-refractivity contribution >= 4 is 22.3 Å². The van der Waals surface area contributed by atoms with Crippen LogP contribution < -0.4 is 4.74 Å². The molecular formula is C21H16N2O. The summed E-state index contributed by atoms with van der Waals surface area (Å²) < 4.78 is 6.20. The molecule has 0 spiro atoms. The number of ether oxygens (including phenoxy) is 1. The number of benzene rings is 3. The number of hydrogen-bond acceptors (Lipinski definition) is 3. The van der Waals surface area contributed by atoms with Gasteiger partial charge in [-0.25, -0.2) is 4.99 Å². The monoisotopic (exact) mass is 312 g/mol. The molecule has 24 heavy (non-hydrogen) atoms. The Balaban J connectivity index is 1.64. The Morgan fingerprint density at radius 3 is 2.58 bits per heavy atom. The number of aliphatic imine (C=N–C) groups is 2. The van der Waals surface area contributed by atoms with E-state index in [2.05, 4.69) is 48.5 Å². The fourth-order valence-corrected chi connectivity index (χ4v) is 3.58. The van der Waals surface area contributed by atoms with Gasteiger partial charge in [-0.15, -0.1) is 0 Å². The van der Waals surface area contributed by atoms with E-state index in [4.69, 9.17) is 14.7 Å². The van der Waals surface area contributed by atoms with Crippen molar-refractivity contribution < 1.29 is 4.74 Å². The number of rotatable bonds is 1. The minimum absolute atomic E-state index is 0.000158. The van der Waals surface area contributed by atoms with Crippen molar-refractivity contribution in [1.82, 2.24) is 0 Å². The molecule has 3 aromatic carbocycles. The van der Waals surface area contributed by atoms with Crippen LogP contribution in [0.15, 0.2) is 76.7 Å². The molecule has 3 heteroatoms. The van der Waals surface area contributed by atoms with Gasteiger partial charge in [0, 0.05) is 11.1 Å². The van der Waals surface area contributed by atoms with E-state index in [1.807, 2.05) is 25.1 Å². The van der Waals surface area contributed by atoms with Crippen LogP contribution in [0.5, 0.6) is 5.75 Å². The second-order valence-electron chi connectivity index (χ2n) is 6.26. The molecule has 2 aliphatic rings. The van der Waals surface area contributed by atoms with Crippen molar-refractivity contribution in [3.8, 4) is 5.75 Å². The van der Waals surface area contributed by atoms with Gasteiger partial charge in [-0.05, 0) is 29.8 Å². The number of hydrogen-bond donors (Lipinski definition) is 0. The van der Waals surface area contributed by atoms with Crippen LogP contribution in [0.1, 0.15) is 24.1 Å². The third kappa shape index (κ3) is 1.98. The first kappa shape index (κ1) is 13.5. The molecule has 2 heterocycles. The number of fused-ring (bicyclic) bond motifs is 4. The van der Waals surface area contributed by atoms with Crippen LogP contribution in [0.2, 0.25) is 0 Å². The lowest BCUT2D eigenvalue weighted by Crippen LogP contribution is -2.33. The quantitative estimate of drug-likeness (QED) is 0.648. The molecular weight excluding hydrogens is 296 g/mol. The van der Waals surface area contributed by atoms with Crippen molar-refractivity contribution in [1.29, 1.82) is 0 Å². The summed E-state index contributed by atoms with van der Waals surface area (Å²) in [6.07, 6.45) is -0.146. The van der Waals surface area contributed by atoms with Crippen LogP contribution in [-0.2, 0) is 0 Å². The normalized spacial score (nSPS) is 21.5. The Bertz CT molecular complexity index is 1020. The Hall–Kier alpha value is -2.94. The summed E-state index contributed by atoms with van der Waals surface area (Å²) in [5, 5.41) is 2.44. The van der Waals surface area contributed by atoms with E-state index in [-0.39, 0.29) is 12.1 Å². The van der Waals surface area contributed by atoms with Gasteiger partial charge in [-0.3, -0.25) is 4.99 Å². The predicted molar refractivity (Wildman–Crippen MR) is 97.2 cm³/mol. The molecule has 0 aliphatic carbocycles. The fourth-order valence-electron chi connectivity index (χ4n) is 3.58. The molecule has 0 aromatic heterocycles. The molecule has 3 nitrogen and oxygen atoms in total. The van der Waals surface area contributed by atoms with Crippen LogP contribution in [0.25, 0.3) is 10.8 Å². The molecule has 0 N–H and O–H groups in total. The zero-order chi connectivity index (χ0) is 16.1.